The third-order valence-corrected chi connectivity index (χ3v) is 3.64. The molecule has 0 N–H and O–H groups in total. The minimum absolute atomic E-state index is 0.0443. The summed E-state index contributed by atoms with van der Waals surface area (Å²) in [4.78, 5) is 12.0. The molecule has 0 bridgehead atoms. The van der Waals surface area contributed by atoms with Gasteiger partial charge in [-0.05, 0) is 34.5 Å². The van der Waals surface area contributed by atoms with E-state index in [1.54, 1.807) is 25.3 Å². The summed E-state index contributed by atoms with van der Waals surface area (Å²) in [7, 11) is 1.63. The Labute approximate surface area is 109 Å². The van der Waals surface area contributed by atoms with E-state index in [9.17, 15) is 4.79 Å². The van der Waals surface area contributed by atoms with Gasteiger partial charge in [-0.1, -0.05) is 24.6 Å². The highest BCUT2D eigenvalue weighted by atomic mass is 79.9. The Morgan fingerprint density at radius 1 is 1.56 bits per heavy atom. The van der Waals surface area contributed by atoms with Gasteiger partial charge in [0.1, 0.15) is 0 Å². The van der Waals surface area contributed by atoms with E-state index in [1.807, 2.05) is 6.92 Å². The highest BCUT2D eigenvalue weighted by Gasteiger charge is 2.15. The van der Waals surface area contributed by atoms with Crippen molar-refractivity contribution in [3.05, 3.63) is 33.3 Å². The molecular weight excluding hydrogens is 291 g/mol. The molecular formula is C12H14BrClO2. The molecule has 4 heteroatoms. The minimum Gasteiger partial charge on any atom is -0.385 e. The first-order valence-electron chi connectivity index (χ1n) is 5.04. The maximum Gasteiger partial charge on any atom is 0.165 e. The second-order valence-electron chi connectivity index (χ2n) is 3.68. The second kappa shape index (κ2) is 6.38. The Bertz CT molecular complexity index is 379. The molecule has 0 spiro atoms. The first-order valence-corrected chi connectivity index (χ1v) is 6.21. The molecule has 0 saturated heterocycles. The first kappa shape index (κ1) is 13.7. The van der Waals surface area contributed by atoms with Crippen LogP contribution in [-0.2, 0) is 4.74 Å². The van der Waals surface area contributed by atoms with E-state index in [-0.39, 0.29) is 11.7 Å². The van der Waals surface area contributed by atoms with Crippen molar-refractivity contribution in [1.82, 2.24) is 0 Å². The first-order chi connectivity index (χ1) is 7.56. The third kappa shape index (κ3) is 3.58. The Balaban J connectivity index is 2.76. The van der Waals surface area contributed by atoms with Crippen LogP contribution < -0.4 is 0 Å². The van der Waals surface area contributed by atoms with Crippen LogP contribution in [0.1, 0.15) is 23.7 Å². The molecule has 1 unspecified atom stereocenters. The maximum atomic E-state index is 12.0. The van der Waals surface area contributed by atoms with Gasteiger partial charge in [-0.3, -0.25) is 4.79 Å². The van der Waals surface area contributed by atoms with Crippen LogP contribution in [0.4, 0.5) is 0 Å². The van der Waals surface area contributed by atoms with Crippen molar-refractivity contribution in [2.45, 2.75) is 13.3 Å². The van der Waals surface area contributed by atoms with Crippen LogP contribution in [0.2, 0.25) is 5.02 Å². The summed E-state index contributed by atoms with van der Waals surface area (Å²) in [5, 5.41) is 0.560. The van der Waals surface area contributed by atoms with E-state index < -0.39 is 0 Å². The topological polar surface area (TPSA) is 26.3 Å². The fraction of sp³-hybridized carbons (Fsp3) is 0.417. The Hall–Kier alpha value is -0.380. The number of hydrogen-bond donors (Lipinski definition) is 0. The van der Waals surface area contributed by atoms with Crippen molar-refractivity contribution >= 4 is 33.3 Å². The monoisotopic (exact) mass is 304 g/mol. The van der Waals surface area contributed by atoms with Crippen LogP contribution in [0.15, 0.2) is 22.7 Å². The summed E-state index contributed by atoms with van der Waals surface area (Å²) in [6.45, 7) is 2.49. The molecule has 0 radical (unpaired) electrons. The van der Waals surface area contributed by atoms with E-state index in [0.29, 0.717) is 17.2 Å². The molecule has 16 heavy (non-hydrogen) atoms. The predicted octanol–water partition coefficient (Wildman–Crippen LogP) is 3.96. The number of benzene rings is 1. The lowest BCUT2D eigenvalue weighted by molar-refractivity contribution is 0.0893. The van der Waals surface area contributed by atoms with Gasteiger partial charge in [0.15, 0.2) is 5.78 Å². The summed E-state index contributed by atoms with van der Waals surface area (Å²) in [5.41, 5.74) is 0.650. The molecule has 88 valence electrons. The van der Waals surface area contributed by atoms with E-state index in [1.165, 1.54) is 0 Å². The van der Waals surface area contributed by atoms with Gasteiger partial charge in [-0.25, -0.2) is 0 Å². The zero-order valence-electron chi connectivity index (χ0n) is 9.30. The van der Waals surface area contributed by atoms with Crippen LogP contribution in [0, 0.1) is 5.92 Å². The lowest BCUT2D eigenvalue weighted by atomic mass is 9.97. The lowest BCUT2D eigenvalue weighted by Crippen LogP contribution is -2.13. The molecule has 1 aromatic carbocycles. The average Bonchev–Trinajstić information content (AvgIpc) is 2.28. The summed E-state index contributed by atoms with van der Waals surface area (Å²) < 4.78 is 5.76. The van der Waals surface area contributed by atoms with Crippen LogP contribution in [0.3, 0.4) is 0 Å². The smallest absolute Gasteiger partial charge is 0.165 e. The van der Waals surface area contributed by atoms with Gasteiger partial charge >= 0.3 is 0 Å². The number of carbonyl (C=O) groups excluding carboxylic acids is 1. The Kier molecular flexibility index (Phi) is 5.46. The summed E-state index contributed by atoms with van der Waals surface area (Å²) in [5.74, 6) is 0.0589. The van der Waals surface area contributed by atoms with Gasteiger partial charge in [0, 0.05) is 29.7 Å². The van der Waals surface area contributed by atoms with Crippen molar-refractivity contribution in [1.29, 1.82) is 0 Å². The zero-order chi connectivity index (χ0) is 12.1. The predicted molar refractivity (Wildman–Crippen MR) is 69.1 cm³/mol. The molecule has 0 aromatic heterocycles. The van der Waals surface area contributed by atoms with Gasteiger partial charge in [0.25, 0.3) is 0 Å². The van der Waals surface area contributed by atoms with Crippen LogP contribution in [0.5, 0.6) is 0 Å². The van der Waals surface area contributed by atoms with Gasteiger partial charge in [0.05, 0.1) is 5.02 Å². The summed E-state index contributed by atoms with van der Waals surface area (Å²) in [6, 6.07) is 5.26. The average molecular weight is 306 g/mol. The fourth-order valence-corrected chi connectivity index (χ4v) is 1.79. The van der Waals surface area contributed by atoms with Gasteiger partial charge in [0.2, 0.25) is 0 Å². The third-order valence-electron chi connectivity index (χ3n) is 2.41. The normalized spacial score (nSPS) is 12.5. The van der Waals surface area contributed by atoms with Crippen molar-refractivity contribution in [3.63, 3.8) is 0 Å². The largest absolute Gasteiger partial charge is 0.385 e. The molecule has 2 nitrogen and oxygen atoms in total. The highest BCUT2D eigenvalue weighted by molar-refractivity contribution is 9.10. The number of Topliss-reactive ketones (excluding diaryl/α,β-unsaturated/α-hetero) is 1. The molecule has 0 fully saturated rings. The van der Waals surface area contributed by atoms with Crippen molar-refractivity contribution < 1.29 is 9.53 Å². The lowest BCUT2D eigenvalue weighted by Gasteiger charge is -2.10. The summed E-state index contributed by atoms with van der Waals surface area (Å²) >= 11 is 9.24. The number of halogens is 2. The zero-order valence-corrected chi connectivity index (χ0v) is 11.6. The highest BCUT2D eigenvalue weighted by Crippen LogP contribution is 2.24. The van der Waals surface area contributed by atoms with Crippen molar-refractivity contribution in [2.75, 3.05) is 13.7 Å². The molecule has 0 aliphatic heterocycles. The van der Waals surface area contributed by atoms with Crippen LogP contribution in [0.25, 0.3) is 0 Å². The summed E-state index contributed by atoms with van der Waals surface area (Å²) in [6.07, 6.45) is 0.725. The van der Waals surface area contributed by atoms with E-state index in [0.717, 1.165) is 10.9 Å². The standard InChI is InChI=1S/C12H14BrClO2/c1-8(5-6-16-2)12(15)9-3-4-10(13)11(14)7-9/h3-4,7-8H,5-6H2,1-2H3. The minimum atomic E-state index is -0.0443. The maximum absolute atomic E-state index is 12.0. The molecule has 0 heterocycles. The van der Waals surface area contributed by atoms with Crippen LogP contribution in [-0.4, -0.2) is 19.5 Å². The fourth-order valence-electron chi connectivity index (χ4n) is 1.36. The van der Waals surface area contributed by atoms with Crippen molar-refractivity contribution in [2.24, 2.45) is 5.92 Å². The number of hydrogen-bond acceptors (Lipinski definition) is 2. The van der Waals surface area contributed by atoms with Gasteiger partial charge in [-0.15, -0.1) is 0 Å². The molecule has 0 saturated carbocycles. The molecule has 1 atom stereocenters. The quantitative estimate of drug-likeness (QED) is 0.770. The van der Waals surface area contributed by atoms with E-state index in [4.69, 9.17) is 16.3 Å². The number of carbonyl (C=O) groups is 1. The number of ketones is 1. The number of rotatable bonds is 5. The molecule has 0 aliphatic rings. The van der Waals surface area contributed by atoms with E-state index in [2.05, 4.69) is 15.9 Å². The molecule has 1 aromatic rings. The Morgan fingerprint density at radius 2 is 2.25 bits per heavy atom. The number of ether oxygens (including phenoxy) is 1. The van der Waals surface area contributed by atoms with Crippen molar-refractivity contribution in [3.8, 4) is 0 Å². The molecule has 1 rings (SSSR count). The number of methoxy groups -OCH3 is 1. The SMILES string of the molecule is COCCC(C)C(=O)c1ccc(Br)c(Cl)c1. The second-order valence-corrected chi connectivity index (χ2v) is 4.94. The van der Waals surface area contributed by atoms with E-state index >= 15 is 0 Å². The van der Waals surface area contributed by atoms with Gasteiger partial charge < -0.3 is 4.74 Å². The molecule has 0 aliphatic carbocycles. The van der Waals surface area contributed by atoms with Crippen LogP contribution >= 0.6 is 27.5 Å². The molecule has 0 amide bonds. The van der Waals surface area contributed by atoms with Gasteiger partial charge in [-0.2, -0.15) is 0 Å². The Morgan fingerprint density at radius 3 is 2.81 bits per heavy atom.